The first kappa shape index (κ1) is 16.9. The molecule has 1 fully saturated rings. The second-order valence-electron chi connectivity index (χ2n) is 5.64. The van der Waals surface area contributed by atoms with Crippen molar-refractivity contribution >= 4 is 34.8 Å². The number of rotatable bonds is 7. The Hall–Kier alpha value is -1.91. The Bertz CT molecular complexity index is 733. The number of hydrogen-bond acceptors (Lipinski definition) is 3. The van der Waals surface area contributed by atoms with Crippen molar-refractivity contribution in [1.82, 2.24) is 5.32 Å². The van der Waals surface area contributed by atoms with Crippen LogP contribution in [0.2, 0.25) is 10.0 Å². The van der Waals surface area contributed by atoms with Crippen molar-refractivity contribution in [2.75, 3.05) is 18.5 Å². The van der Waals surface area contributed by atoms with E-state index in [2.05, 4.69) is 10.6 Å². The van der Waals surface area contributed by atoms with Gasteiger partial charge in [0.15, 0.2) is 0 Å². The molecule has 0 saturated heterocycles. The molecule has 1 amide bonds. The van der Waals surface area contributed by atoms with E-state index >= 15 is 0 Å². The van der Waals surface area contributed by atoms with Gasteiger partial charge in [-0.1, -0.05) is 35.3 Å². The van der Waals surface area contributed by atoms with Crippen molar-refractivity contribution in [2.24, 2.45) is 0 Å². The highest BCUT2D eigenvalue weighted by Gasteiger charge is 2.24. The van der Waals surface area contributed by atoms with Crippen LogP contribution < -0.4 is 15.4 Å². The molecule has 3 rings (SSSR count). The van der Waals surface area contributed by atoms with E-state index in [-0.39, 0.29) is 5.91 Å². The van der Waals surface area contributed by atoms with Crippen LogP contribution in [0, 0.1) is 0 Å². The number of anilines is 1. The quantitative estimate of drug-likeness (QED) is 0.716. The van der Waals surface area contributed by atoms with E-state index in [0.29, 0.717) is 40.6 Å². The van der Waals surface area contributed by atoms with Crippen molar-refractivity contribution in [3.8, 4) is 5.75 Å². The molecule has 0 aliphatic heterocycles. The Balaban J connectivity index is 1.53. The number of carbonyl (C=O) groups is 1. The lowest BCUT2D eigenvalue weighted by Gasteiger charge is -2.13. The molecule has 0 aromatic heterocycles. The maximum Gasteiger partial charge on any atom is 0.253 e. The Morgan fingerprint density at radius 3 is 2.71 bits per heavy atom. The monoisotopic (exact) mass is 364 g/mol. The summed E-state index contributed by atoms with van der Waals surface area (Å²) in [7, 11) is 0. The highest BCUT2D eigenvalue weighted by Crippen LogP contribution is 2.27. The van der Waals surface area contributed by atoms with E-state index in [1.165, 1.54) is 0 Å². The highest BCUT2D eigenvalue weighted by molar-refractivity contribution is 6.35. The van der Waals surface area contributed by atoms with E-state index in [1.54, 1.807) is 18.2 Å². The first-order valence-corrected chi connectivity index (χ1v) is 8.60. The molecule has 0 radical (unpaired) electrons. The van der Waals surface area contributed by atoms with Crippen LogP contribution in [-0.2, 0) is 0 Å². The number of para-hydroxylation sites is 1. The highest BCUT2D eigenvalue weighted by atomic mass is 35.5. The van der Waals surface area contributed by atoms with Crippen LogP contribution in [0.1, 0.15) is 23.2 Å². The van der Waals surface area contributed by atoms with Crippen molar-refractivity contribution in [2.45, 2.75) is 18.9 Å². The Labute approximate surface area is 151 Å². The molecule has 2 aromatic rings. The summed E-state index contributed by atoms with van der Waals surface area (Å²) in [6.45, 7) is 0.965. The Kier molecular flexibility index (Phi) is 5.48. The van der Waals surface area contributed by atoms with Gasteiger partial charge in [-0.15, -0.1) is 0 Å². The zero-order valence-electron chi connectivity index (χ0n) is 13.0. The van der Waals surface area contributed by atoms with E-state index in [9.17, 15) is 4.79 Å². The molecule has 0 spiro atoms. The number of benzene rings is 2. The Morgan fingerprint density at radius 1 is 1.17 bits per heavy atom. The number of ether oxygens (including phenoxy) is 1. The molecule has 6 heteroatoms. The fourth-order valence-electron chi connectivity index (χ4n) is 2.27. The van der Waals surface area contributed by atoms with Crippen molar-refractivity contribution in [3.63, 3.8) is 0 Å². The smallest absolute Gasteiger partial charge is 0.253 e. The maximum absolute atomic E-state index is 12.2. The normalized spacial score (nSPS) is 13.4. The SMILES string of the molecule is O=C(NC1CC1)c1ccccc1NCCOc1ccc(Cl)cc1Cl. The summed E-state index contributed by atoms with van der Waals surface area (Å²) in [6, 6.07) is 12.9. The van der Waals surface area contributed by atoms with Crippen molar-refractivity contribution in [3.05, 3.63) is 58.1 Å². The number of hydrogen-bond donors (Lipinski definition) is 2. The third-order valence-electron chi connectivity index (χ3n) is 3.65. The molecule has 1 saturated carbocycles. The lowest BCUT2D eigenvalue weighted by molar-refractivity contribution is 0.0952. The van der Waals surface area contributed by atoms with Gasteiger partial charge >= 0.3 is 0 Å². The largest absolute Gasteiger partial charge is 0.490 e. The molecule has 0 bridgehead atoms. The summed E-state index contributed by atoms with van der Waals surface area (Å²) in [6.07, 6.45) is 2.13. The summed E-state index contributed by atoms with van der Waals surface area (Å²) in [4.78, 5) is 12.2. The lowest BCUT2D eigenvalue weighted by Crippen LogP contribution is -2.26. The van der Waals surface area contributed by atoms with Crippen LogP contribution >= 0.6 is 23.2 Å². The average molecular weight is 365 g/mol. The summed E-state index contributed by atoms with van der Waals surface area (Å²) in [5.41, 5.74) is 1.44. The third kappa shape index (κ3) is 4.56. The number of carbonyl (C=O) groups excluding carboxylic acids is 1. The lowest BCUT2D eigenvalue weighted by atomic mass is 10.1. The topological polar surface area (TPSA) is 50.4 Å². The van der Waals surface area contributed by atoms with Crippen LogP contribution in [0.5, 0.6) is 5.75 Å². The van der Waals surface area contributed by atoms with Gasteiger partial charge in [-0.05, 0) is 43.2 Å². The molecule has 126 valence electrons. The van der Waals surface area contributed by atoms with E-state index in [4.69, 9.17) is 27.9 Å². The molecule has 0 unspecified atom stereocenters. The molecule has 2 aromatic carbocycles. The molecule has 1 aliphatic carbocycles. The van der Waals surface area contributed by atoms with Gasteiger partial charge < -0.3 is 15.4 Å². The van der Waals surface area contributed by atoms with Gasteiger partial charge in [0.25, 0.3) is 5.91 Å². The Morgan fingerprint density at radius 2 is 1.96 bits per heavy atom. The molecular weight excluding hydrogens is 347 g/mol. The molecule has 2 N–H and O–H groups in total. The first-order valence-electron chi connectivity index (χ1n) is 7.85. The molecule has 24 heavy (non-hydrogen) atoms. The van der Waals surface area contributed by atoms with Gasteiger partial charge in [0.2, 0.25) is 0 Å². The molecule has 4 nitrogen and oxygen atoms in total. The van der Waals surface area contributed by atoms with Gasteiger partial charge in [-0.2, -0.15) is 0 Å². The van der Waals surface area contributed by atoms with Gasteiger partial charge in [-0.25, -0.2) is 0 Å². The van der Waals surface area contributed by atoms with E-state index in [0.717, 1.165) is 18.5 Å². The minimum Gasteiger partial charge on any atom is -0.490 e. The number of nitrogens with one attached hydrogen (secondary N) is 2. The van der Waals surface area contributed by atoms with Crippen LogP contribution in [0.3, 0.4) is 0 Å². The zero-order valence-corrected chi connectivity index (χ0v) is 14.5. The first-order chi connectivity index (χ1) is 11.6. The minimum absolute atomic E-state index is 0.0396. The van der Waals surface area contributed by atoms with Crippen molar-refractivity contribution in [1.29, 1.82) is 0 Å². The number of amides is 1. The van der Waals surface area contributed by atoms with Gasteiger partial charge in [0.1, 0.15) is 12.4 Å². The molecule has 0 atom stereocenters. The van der Waals surface area contributed by atoms with Crippen LogP contribution in [0.15, 0.2) is 42.5 Å². The number of halogens is 2. The predicted octanol–water partition coefficient (Wildman–Crippen LogP) is 4.38. The summed E-state index contributed by atoms with van der Waals surface area (Å²) in [5, 5.41) is 7.28. The summed E-state index contributed by atoms with van der Waals surface area (Å²) >= 11 is 11.9. The molecule has 1 aliphatic rings. The van der Waals surface area contributed by atoms with Gasteiger partial charge in [0, 0.05) is 23.3 Å². The van der Waals surface area contributed by atoms with Crippen LogP contribution in [0.25, 0.3) is 0 Å². The average Bonchev–Trinajstić information content (AvgIpc) is 3.37. The van der Waals surface area contributed by atoms with Crippen molar-refractivity contribution < 1.29 is 9.53 Å². The van der Waals surface area contributed by atoms with Crippen LogP contribution in [0.4, 0.5) is 5.69 Å². The van der Waals surface area contributed by atoms with Gasteiger partial charge in [-0.3, -0.25) is 4.79 Å². The zero-order chi connectivity index (χ0) is 16.9. The van der Waals surface area contributed by atoms with Gasteiger partial charge in [0.05, 0.1) is 10.6 Å². The fourth-order valence-corrected chi connectivity index (χ4v) is 2.73. The second kappa shape index (κ2) is 7.77. The fraction of sp³-hybridized carbons (Fsp3) is 0.278. The molecule has 0 heterocycles. The summed E-state index contributed by atoms with van der Waals surface area (Å²) in [5.74, 6) is 0.546. The third-order valence-corrected chi connectivity index (χ3v) is 4.18. The summed E-state index contributed by atoms with van der Waals surface area (Å²) < 4.78 is 5.63. The standard InChI is InChI=1S/C18H18Cl2N2O2/c19-12-5-8-17(15(20)11-12)24-10-9-21-16-4-2-1-3-14(16)18(23)22-13-6-7-13/h1-5,8,11,13,21H,6-7,9-10H2,(H,22,23). The predicted molar refractivity (Wildman–Crippen MR) is 97.4 cm³/mol. The minimum atomic E-state index is -0.0396. The van der Waals surface area contributed by atoms with E-state index < -0.39 is 0 Å². The maximum atomic E-state index is 12.2. The van der Waals surface area contributed by atoms with E-state index in [1.807, 2.05) is 24.3 Å². The second-order valence-corrected chi connectivity index (χ2v) is 6.49. The van der Waals surface area contributed by atoms with Crippen LogP contribution in [-0.4, -0.2) is 25.1 Å². The molecular formula is C18H18Cl2N2O2.